The van der Waals surface area contributed by atoms with Crippen LogP contribution in [0.1, 0.15) is 33.1 Å². The maximum absolute atomic E-state index is 10.2. The molecule has 1 rings (SSSR count). The molecule has 4 nitrogen and oxygen atoms in total. The first-order valence-electron chi connectivity index (χ1n) is 5.28. The van der Waals surface area contributed by atoms with E-state index in [2.05, 4.69) is 5.32 Å². The van der Waals surface area contributed by atoms with Crippen molar-refractivity contribution >= 4 is 5.97 Å². The van der Waals surface area contributed by atoms with E-state index in [1.165, 1.54) is 25.9 Å². The van der Waals surface area contributed by atoms with Gasteiger partial charge in [0.2, 0.25) is 0 Å². The molecule has 1 unspecified atom stereocenters. The Labute approximate surface area is 85.9 Å². The van der Waals surface area contributed by atoms with Crippen LogP contribution in [0.25, 0.3) is 0 Å². The summed E-state index contributed by atoms with van der Waals surface area (Å²) >= 11 is 0. The first-order chi connectivity index (χ1) is 6.59. The summed E-state index contributed by atoms with van der Waals surface area (Å²) < 4.78 is 0. The molecule has 1 heterocycles. The molecule has 14 heavy (non-hydrogen) atoms. The number of nitrogens with one attached hydrogen (secondary N) is 1. The molecule has 0 aromatic carbocycles. The third-order valence-corrected chi connectivity index (χ3v) is 2.50. The van der Waals surface area contributed by atoms with Crippen molar-refractivity contribution in [3.8, 4) is 0 Å². The van der Waals surface area contributed by atoms with Crippen molar-refractivity contribution in [3.05, 3.63) is 0 Å². The van der Waals surface area contributed by atoms with Crippen LogP contribution < -0.4 is 11.1 Å². The van der Waals surface area contributed by atoms with Gasteiger partial charge in [-0.2, -0.15) is 0 Å². The maximum atomic E-state index is 10.2. The number of aliphatic carboxylic acids is 1. The van der Waals surface area contributed by atoms with Crippen LogP contribution in [0.3, 0.4) is 0 Å². The molecule has 0 radical (unpaired) electrons. The average Bonchev–Trinajstić information content (AvgIpc) is 2.73. The van der Waals surface area contributed by atoms with Crippen molar-refractivity contribution in [2.75, 3.05) is 13.1 Å². The predicted molar refractivity (Wildman–Crippen MR) is 57.2 cm³/mol. The van der Waals surface area contributed by atoms with Gasteiger partial charge in [0.1, 0.15) is 6.04 Å². The summed E-state index contributed by atoms with van der Waals surface area (Å²) in [6, 6.07) is -0.699. The highest BCUT2D eigenvalue weighted by molar-refractivity contribution is 5.73. The van der Waals surface area contributed by atoms with Crippen LogP contribution in [0.5, 0.6) is 0 Å². The molecule has 0 aliphatic carbocycles. The Morgan fingerprint density at radius 2 is 2.00 bits per heavy atom. The van der Waals surface area contributed by atoms with Crippen LogP contribution in [0.2, 0.25) is 0 Å². The molecule has 1 aliphatic heterocycles. The fourth-order valence-corrected chi connectivity index (χ4v) is 1.12. The second-order valence-electron chi connectivity index (χ2n) is 3.71. The second kappa shape index (κ2) is 7.76. The zero-order valence-electron chi connectivity index (χ0n) is 9.12. The maximum Gasteiger partial charge on any atom is 0.320 e. The monoisotopic (exact) mass is 202 g/mol. The van der Waals surface area contributed by atoms with Crippen molar-refractivity contribution in [2.45, 2.75) is 39.2 Å². The summed E-state index contributed by atoms with van der Waals surface area (Å²) in [5.74, 6) is -0.841. The highest BCUT2D eigenvalue weighted by Gasteiger charge is 2.17. The van der Waals surface area contributed by atoms with Gasteiger partial charge in [-0.3, -0.25) is 4.79 Å². The third kappa shape index (κ3) is 5.94. The number of carbonyl (C=O) groups is 1. The summed E-state index contributed by atoms with van der Waals surface area (Å²) in [6.45, 7) is 6.26. The van der Waals surface area contributed by atoms with Gasteiger partial charge in [-0.05, 0) is 31.8 Å². The van der Waals surface area contributed by atoms with E-state index in [0.717, 1.165) is 6.42 Å². The van der Waals surface area contributed by atoms with Gasteiger partial charge in [0.25, 0.3) is 0 Å². The van der Waals surface area contributed by atoms with Crippen LogP contribution in [0.4, 0.5) is 0 Å². The van der Waals surface area contributed by atoms with Gasteiger partial charge in [-0.25, -0.2) is 0 Å². The number of hydrogen-bond donors (Lipinski definition) is 3. The summed E-state index contributed by atoms with van der Waals surface area (Å²) in [5, 5.41) is 11.6. The average molecular weight is 202 g/mol. The van der Waals surface area contributed by atoms with E-state index in [1.54, 1.807) is 0 Å². The van der Waals surface area contributed by atoms with E-state index in [1.807, 2.05) is 13.8 Å². The molecule has 0 saturated carbocycles. The summed E-state index contributed by atoms with van der Waals surface area (Å²) in [4.78, 5) is 10.2. The van der Waals surface area contributed by atoms with Gasteiger partial charge in [0.15, 0.2) is 0 Å². The molecule has 0 aromatic heterocycles. The number of carboxylic acid groups (broad SMARTS) is 1. The lowest BCUT2D eigenvalue weighted by atomic mass is 10.0. The van der Waals surface area contributed by atoms with Crippen LogP contribution in [-0.2, 0) is 4.79 Å². The Hall–Kier alpha value is -0.610. The zero-order valence-corrected chi connectivity index (χ0v) is 9.12. The largest absolute Gasteiger partial charge is 0.480 e. The van der Waals surface area contributed by atoms with Crippen LogP contribution in [0.15, 0.2) is 0 Å². The van der Waals surface area contributed by atoms with Crippen molar-refractivity contribution in [2.24, 2.45) is 11.7 Å². The minimum atomic E-state index is -0.913. The van der Waals surface area contributed by atoms with Crippen molar-refractivity contribution < 1.29 is 9.90 Å². The van der Waals surface area contributed by atoms with E-state index >= 15 is 0 Å². The topological polar surface area (TPSA) is 75.3 Å². The quantitative estimate of drug-likeness (QED) is 0.633. The molecule has 2 atom stereocenters. The highest BCUT2D eigenvalue weighted by Crippen LogP contribution is 2.04. The minimum absolute atomic E-state index is 0.0718. The Morgan fingerprint density at radius 1 is 1.50 bits per heavy atom. The summed E-state index contributed by atoms with van der Waals surface area (Å²) in [6.07, 6.45) is 3.59. The predicted octanol–water partition coefficient (Wildman–Crippen LogP) is 0.814. The molecule has 0 spiro atoms. The molecular formula is C10H22N2O2. The van der Waals surface area contributed by atoms with Crippen molar-refractivity contribution in [1.82, 2.24) is 5.32 Å². The molecule has 4 heteroatoms. The van der Waals surface area contributed by atoms with Crippen LogP contribution in [-0.4, -0.2) is 30.2 Å². The molecule has 4 N–H and O–H groups in total. The van der Waals surface area contributed by atoms with Crippen LogP contribution in [0, 0.1) is 5.92 Å². The van der Waals surface area contributed by atoms with E-state index in [-0.39, 0.29) is 5.92 Å². The Balaban J connectivity index is 0.000000280. The smallest absolute Gasteiger partial charge is 0.320 e. The highest BCUT2D eigenvalue weighted by atomic mass is 16.4. The van der Waals surface area contributed by atoms with Gasteiger partial charge < -0.3 is 16.2 Å². The molecule has 0 aromatic rings. The fourth-order valence-electron chi connectivity index (χ4n) is 1.12. The molecule has 0 bridgehead atoms. The summed E-state index contributed by atoms with van der Waals surface area (Å²) in [7, 11) is 0. The first-order valence-corrected chi connectivity index (χ1v) is 5.28. The van der Waals surface area contributed by atoms with Gasteiger partial charge in [0, 0.05) is 0 Å². The van der Waals surface area contributed by atoms with E-state index < -0.39 is 12.0 Å². The molecule has 1 aliphatic rings. The molecule has 1 saturated heterocycles. The van der Waals surface area contributed by atoms with Gasteiger partial charge >= 0.3 is 5.97 Å². The Bertz CT molecular complexity index is 151. The van der Waals surface area contributed by atoms with Gasteiger partial charge in [0.05, 0.1) is 0 Å². The second-order valence-corrected chi connectivity index (χ2v) is 3.71. The van der Waals surface area contributed by atoms with Gasteiger partial charge in [-0.15, -0.1) is 0 Å². The van der Waals surface area contributed by atoms with E-state index in [9.17, 15) is 4.79 Å². The van der Waals surface area contributed by atoms with Crippen molar-refractivity contribution in [1.29, 1.82) is 0 Å². The number of rotatable bonds is 3. The number of hydrogen-bond acceptors (Lipinski definition) is 3. The fraction of sp³-hybridized carbons (Fsp3) is 0.900. The van der Waals surface area contributed by atoms with E-state index in [4.69, 9.17) is 10.8 Å². The minimum Gasteiger partial charge on any atom is -0.480 e. The standard InChI is InChI=1S/C6H13NO2.C4H9N/c1-3-4(2)5(7)6(8)9;1-2-4-5-3-1/h4-5H,3,7H2,1-2H3,(H,8,9);5H,1-4H2/t4?,5-;/m0./s1. The zero-order chi connectivity index (χ0) is 11.0. The Kier molecular flexibility index (Phi) is 7.42. The summed E-state index contributed by atoms with van der Waals surface area (Å²) in [5.41, 5.74) is 5.27. The number of nitrogens with two attached hydrogens (primary N) is 1. The lowest BCUT2D eigenvalue weighted by Crippen LogP contribution is -2.36. The molecular weight excluding hydrogens is 180 g/mol. The third-order valence-electron chi connectivity index (χ3n) is 2.50. The first kappa shape index (κ1) is 13.4. The van der Waals surface area contributed by atoms with Crippen LogP contribution >= 0.6 is 0 Å². The number of carboxylic acids is 1. The lowest BCUT2D eigenvalue weighted by molar-refractivity contribution is -0.139. The SMILES string of the molecule is C1CCNC1.CCC(C)[C@H](N)C(=O)O. The molecule has 1 fully saturated rings. The van der Waals surface area contributed by atoms with E-state index in [0.29, 0.717) is 0 Å². The normalized spacial score (nSPS) is 19.4. The molecule has 84 valence electrons. The van der Waals surface area contributed by atoms with Crippen molar-refractivity contribution in [3.63, 3.8) is 0 Å². The Morgan fingerprint density at radius 3 is 2.14 bits per heavy atom. The molecule has 0 amide bonds. The lowest BCUT2D eigenvalue weighted by Gasteiger charge is -2.11. The van der Waals surface area contributed by atoms with Gasteiger partial charge in [-0.1, -0.05) is 20.3 Å².